The molecule has 0 aliphatic rings. The number of hydrogen-bond acceptors (Lipinski definition) is 5. The minimum atomic E-state index is -0.402. The molecule has 148 valence electrons. The lowest BCUT2D eigenvalue weighted by molar-refractivity contribution is 0.294. The minimum absolute atomic E-state index is 0.00751. The van der Waals surface area contributed by atoms with Crippen LogP contribution >= 0.6 is 22.9 Å². The summed E-state index contributed by atoms with van der Waals surface area (Å²) in [5.41, 5.74) is 2.42. The Morgan fingerprint density at radius 1 is 1.04 bits per heavy atom. The van der Waals surface area contributed by atoms with Gasteiger partial charge in [0.15, 0.2) is 0 Å². The second-order valence-corrected chi connectivity index (χ2v) is 7.22. The zero-order valence-corrected chi connectivity index (χ0v) is 17.2. The lowest BCUT2D eigenvalue weighted by atomic mass is 10.1. The highest BCUT2D eigenvalue weighted by Gasteiger charge is 2.15. The molecule has 0 radical (unpaired) electrons. The van der Waals surface area contributed by atoms with Crippen LogP contribution in [0.15, 0.2) is 47.2 Å². The van der Waals surface area contributed by atoms with Gasteiger partial charge in [-0.2, -0.15) is 11.3 Å². The van der Waals surface area contributed by atoms with Crippen LogP contribution in [0.3, 0.4) is 0 Å². The first-order chi connectivity index (χ1) is 13.6. The van der Waals surface area contributed by atoms with E-state index in [0.717, 1.165) is 12.1 Å². The van der Waals surface area contributed by atoms with Crippen LogP contribution in [-0.4, -0.2) is 14.2 Å². The number of methoxy groups -OCH3 is 2. The molecule has 1 heterocycles. The molecule has 3 aromatic rings. The Morgan fingerprint density at radius 2 is 1.79 bits per heavy atom. The molecule has 1 N–H and O–H groups in total. The maximum absolute atomic E-state index is 13.9. The molecule has 0 aliphatic heterocycles. The molecular weight excluding hydrogens is 401 g/mol. The molecule has 0 amide bonds. The summed E-state index contributed by atoms with van der Waals surface area (Å²) in [5.74, 6) is 1.37. The highest BCUT2D eigenvalue weighted by atomic mass is 35.5. The second kappa shape index (κ2) is 9.78. The van der Waals surface area contributed by atoms with E-state index < -0.39 is 5.82 Å². The zero-order valence-electron chi connectivity index (χ0n) is 15.6. The molecule has 0 bridgehead atoms. The standard InChI is InChI=1S/C21H21ClFNO3S/c1-25-20-8-15(27-12-17-18(22)4-3-5-19(17)23)9-21(26-2)16(20)11-24-10-14-6-7-28-13-14/h3-9,13,24H,10-12H2,1-2H3. The third-order valence-electron chi connectivity index (χ3n) is 4.24. The summed E-state index contributed by atoms with van der Waals surface area (Å²) in [4.78, 5) is 0. The molecule has 0 saturated heterocycles. The Kier molecular flexibility index (Phi) is 7.14. The van der Waals surface area contributed by atoms with Gasteiger partial charge in [0.2, 0.25) is 0 Å². The summed E-state index contributed by atoms with van der Waals surface area (Å²) in [5, 5.41) is 7.86. The fourth-order valence-corrected chi connectivity index (χ4v) is 3.65. The van der Waals surface area contributed by atoms with Crippen molar-refractivity contribution in [2.75, 3.05) is 14.2 Å². The van der Waals surface area contributed by atoms with E-state index in [-0.39, 0.29) is 6.61 Å². The maximum atomic E-state index is 13.9. The summed E-state index contributed by atoms with van der Waals surface area (Å²) >= 11 is 7.73. The number of thiophene rings is 1. The SMILES string of the molecule is COc1cc(OCc2c(F)cccc2Cl)cc(OC)c1CNCc1ccsc1. The Balaban J connectivity index is 1.74. The molecule has 3 rings (SSSR count). The van der Waals surface area contributed by atoms with Crippen LogP contribution < -0.4 is 19.5 Å². The topological polar surface area (TPSA) is 39.7 Å². The smallest absolute Gasteiger partial charge is 0.131 e. The summed E-state index contributed by atoms with van der Waals surface area (Å²) in [7, 11) is 3.18. The highest BCUT2D eigenvalue weighted by molar-refractivity contribution is 7.07. The van der Waals surface area contributed by atoms with Crippen LogP contribution in [0.25, 0.3) is 0 Å². The van der Waals surface area contributed by atoms with Crippen LogP contribution in [0.2, 0.25) is 5.02 Å². The van der Waals surface area contributed by atoms with E-state index in [9.17, 15) is 4.39 Å². The quantitative estimate of drug-likeness (QED) is 0.500. The number of benzene rings is 2. The van der Waals surface area contributed by atoms with Gasteiger partial charge in [-0.25, -0.2) is 4.39 Å². The third kappa shape index (κ3) is 4.95. The van der Waals surface area contributed by atoms with Gasteiger partial charge < -0.3 is 19.5 Å². The highest BCUT2D eigenvalue weighted by Crippen LogP contribution is 2.35. The van der Waals surface area contributed by atoms with Gasteiger partial charge in [-0.15, -0.1) is 0 Å². The first kappa shape index (κ1) is 20.5. The lowest BCUT2D eigenvalue weighted by Gasteiger charge is -2.17. The Morgan fingerprint density at radius 3 is 2.39 bits per heavy atom. The summed E-state index contributed by atoms with van der Waals surface area (Å²) in [6, 6.07) is 10.2. The first-order valence-corrected chi connectivity index (χ1v) is 9.96. The van der Waals surface area contributed by atoms with Gasteiger partial charge in [-0.1, -0.05) is 17.7 Å². The molecule has 0 fully saturated rings. The summed E-state index contributed by atoms with van der Waals surface area (Å²) < 4.78 is 30.7. The fraction of sp³-hybridized carbons (Fsp3) is 0.238. The van der Waals surface area contributed by atoms with E-state index >= 15 is 0 Å². The van der Waals surface area contributed by atoms with Crippen molar-refractivity contribution in [2.24, 2.45) is 0 Å². The monoisotopic (exact) mass is 421 g/mol. The van der Waals surface area contributed by atoms with Crippen molar-refractivity contribution >= 4 is 22.9 Å². The molecule has 0 unspecified atom stereocenters. The Hall–Kier alpha value is -2.28. The van der Waals surface area contributed by atoms with Gasteiger partial charge >= 0.3 is 0 Å². The van der Waals surface area contributed by atoms with Gasteiger partial charge in [0.25, 0.3) is 0 Å². The van der Waals surface area contributed by atoms with Crippen molar-refractivity contribution in [3.8, 4) is 17.2 Å². The predicted octanol–water partition coefficient (Wildman–Crippen LogP) is 5.43. The van der Waals surface area contributed by atoms with E-state index in [0.29, 0.717) is 34.4 Å². The Labute approximate surface area is 172 Å². The van der Waals surface area contributed by atoms with Crippen LogP contribution in [0.5, 0.6) is 17.2 Å². The van der Waals surface area contributed by atoms with E-state index in [1.807, 2.05) is 5.38 Å². The number of rotatable bonds is 9. The first-order valence-electron chi connectivity index (χ1n) is 8.64. The molecule has 0 aliphatic carbocycles. The van der Waals surface area contributed by atoms with Crippen LogP contribution in [0.4, 0.5) is 4.39 Å². The van der Waals surface area contributed by atoms with Crippen LogP contribution in [-0.2, 0) is 19.7 Å². The Bertz CT molecular complexity index is 873. The number of nitrogens with one attached hydrogen (secondary N) is 1. The van der Waals surface area contributed by atoms with Gasteiger partial charge in [-0.3, -0.25) is 0 Å². The zero-order chi connectivity index (χ0) is 19.9. The molecule has 28 heavy (non-hydrogen) atoms. The maximum Gasteiger partial charge on any atom is 0.131 e. The molecule has 2 aromatic carbocycles. The summed E-state index contributed by atoms with van der Waals surface area (Å²) in [6.07, 6.45) is 0. The van der Waals surface area contributed by atoms with Gasteiger partial charge in [0.05, 0.1) is 24.8 Å². The fourth-order valence-electron chi connectivity index (χ4n) is 2.77. The van der Waals surface area contributed by atoms with E-state index in [1.165, 1.54) is 11.6 Å². The second-order valence-electron chi connectivity index (χ2n) is 6.03. The van der Waals surface area contributed by atoms with Crippen LogP contribution in [0.1, 0.15) is 16.7 Å². The van der Waals surface area contributed by atoms with E-state index in [4.69, 9.17) is 25.8 Å². The van der Waals surface area contributed by atoms with Crippen molar-refractivity contribution in [3.05, 3.63) is 74.7 Å². The lowest BCUT2D eigenvalue weighted by Crippen LogP contribution is -2.14. The molecule has 4 nitrogen and oxygen atoms in total. The van der Waals surface area contributed by atoms with Crippen molar-refractivity contribution < 1.29 is 18.6 Å². The average Bonchev–Trinajstić information content (AvgIpc) is 3.21. The molecule has 7 heteroatoms. The number of ether oxygens (including phenoxy) is 3. The van der Waals surface area contributed by atoms with E-state index in [1.54, 1.807) is 49.8 Å². The molecule has 0 saturated carbocycles. The van der Waals surface area contributed by atoms with Gasteiger partial charge in [0.1, 0.15) is 29.7 Å². The van der Waals surface area contributed by atoms with Crippen molar-refractivity contribution in [2.45, 2.75) is 19.7 Å². The molecule has 0 spiro atoms. The van der Waals surface area contributed by atoms with Crippen LogP contribution in [0, 0.1) is 5.82 Å². The van der Waals surface area contributed by atoms with Crippen molar-refractivity contribution in [1.29, 1.82) is 0 Å². The number of halogens is 2. The molecule has 0 atom stereocenters. The number of hydrogen-bond donors (Lipinski definition) is 1. The van der Waals surface area contributed by atoms with Crippen molar-refractivity contribution in [1.82, 2.24) is 5.32 Å². The van der Waals surface area contributed by atoms with E-state index in [2.05, 4.69) is 16.8 Å². The normalized spacial score (nSPS) is 10.7. The summed E-state index contributed by atoms with van der Waals surface area (Å²) in [6.45, 7) is 1.33. The average molecular weight is 422 g/mol. The minimum Gasteiger partial charge on any atom is -0.496 e. The third-order valence-corrected chi connectivity index (χ3v) is 5.32. The largest absolute Gasteiger partial charge is 0.496 e. The van der Waals surface area contributed by atoms with Crippen molar-refractivity contribution in [3.63, 3.8) is 0 Å². The molecular formula is C21H21ClFNO3S. The van der Waals surface area contributed by atoms with Gasteiger partial charge in [-0.05, 0) is 34.5 Å². The molecule has 1 aromatic heterocycles. The predicted molar refractivity (Wildman–Crippen MR) is 110 cm³/mol. The van der Waals surface area contributed by atoms with Gasteiger partial charge in [0, 0.05) is 30.8 Å².